The van der Waals surface area contributed by atoms with Crippen molar-refractivity contribution in [1.82, 2.24) is 0 Å². The Morgan fingerprint density at radius 2 is 1.74 bits per heavy atom. The van der Waals surface area contributed by atoms with E-state index in [1.54, 1.807) is 6.92 Å². The van der Waals surface area contributed by atoms with Gasteiger partial charge in [0.2, 0.25) is 0 Å². The lowest BCUT2D eigenvalue weighted by Crippen LogP contribution is -2.24. The molecule has 0 aromatic heterocycles. The van der Waals surface area contributed by atoms with E-state index >= 15 is 0 Å². The largest absolute Gasteiger partial charge is 0.460 e. The molecule has 0 unspecified atom stereocenters. The first-order chi connectivity index (χ1) is 11.1. The molecule has 0 N–H and O–H groups in total. The molecule has 0 aromatic carbocycles. The summed E-state index contributed by atoms with van der Waals surface area (Å²) in [6, 6.07) is 0. The minimum absolute atomic E-state index is 0.198. The fourth-order valence-corrected chi connectivity index (χ4v) is 2.42. The number of rotatable bonds is 10. The molecule has 2 aliphatic rings. The van der Waals surface area contributed by atoms with E-state index in [-0.39, 0.29) is 6.61 Å². The number of hydrogen-bond acceptors (Lipinski definition) is 5. The number of allylic oxidation sites excluding steroid dienone is 4. The van der Waals surface area contributed by atoms with Crippen LogP contribution in [0.2, 0.25) is 0 Å². The lowest BCUT2D eigenvalue weighted by Gasteiger charge is -2.22. The Balaban J connectivity index is 1.70. The van der Waals surface area contributed by atoms with Crippen molar-refractivity contribution >= 4 is 5.97 Å². The molecular formula is C18H26O5. The molecule has 2 aliphatic carbocycles. The topological polar surface area (TPSA) is 54.0 Å². The monoisotopic (exact) mass is 322 g/mol. The predicted molar refractivity (Wildman–Crippen MR) is 86.4 cm³/mol. The summed E-state index contributed by atoms with van der Waals surface area (Å²) < 4.78 is 22.3. The van der Waals surface area contributed by atoms with E-state index in [4.69, 9.17) is 18.9 Å². The molecule has 0 radical (unpaired) electrons. The van der Waals surface area contributed by atoms with Gasteiger partial charge < -0.3 is 18.9 Å². The standard InChI is InChI=1S/C18H26O5/c1-14(2)18(19)21-12-11-20-13-17(22-15-7-3-4-8-15)23-16-9-5-6-10-16/h7,9,17H,1,3-6,8,10-13H2,2H3. The number of ether oxygens (including phenoxy) is 4. The molecule has 128 valence electrons. The molecule has 0 bridgehead atoms. The molecule has 0 aliphatic heterocycles. The molecule has 0 spiro atoms. The van der Waals surface area contributed by atoms with Crippen LogP contribution in [0.3, 0.4) is 0 Å². The smallest absolute Gasteiger partial charge is 0.333 e. The summed E-state index contributed by atoms with van der Waals surface area (Å²) in [5.41, 5.74) is 0.385. The molecule has 0 saturated carbocycles. The Hall–Kier alpha value is -1.75. The van der Waals surface area contributed by atoms with E-state index in [9.17, 15) is 4.79 Å². The van der Waals surface area contributed by atoms with Crippen molar-refractivity contribution in [2.75, 3.05) is 19.8 Å². The third-order valence-corrected chi connectivity index (χ3v) is 3.63. The van der Waals surface area contributed by atoms with Gasteiger partial charge in [-0.3, -0.25) is 0 Å². The second-order valence-electron chi connectivity index (χ2n) is 5.78. The summed E-state index contributed by atoms with van der Waals surface area (Å²) in [5, 5.41) is 0. The van der Waals surface area contributed by atoms with Gasteiger partial charge in [-0.15, -0.1) is 0 Å². The molecule has 0 amide bonds. The summed E-state index contributed by atoms with van der Waals surface area (Å²) in [6.45, 7) is 5.95. The summed E-state index contributed by atoms with van der Waals surface area (Å²) >= 11 is 0. The van der Waals surface area contributed by atoms with Crippen molar-refractivity contribution in [3.63, 3.8) is 0 Å². The highest BCUT2D eigenvalue weighted by Crippen LogP contribution is 2.24. The molecule has 23 heavy (non-hydrogen) atoms. The summed E-state index contributed by atoms with van der Waals surface area (Å²) in [6.07, 6.45) is 10.0. The Morgan fingerprint density at radius 3 is 2.22 bits per heavy atom. The second-order valence-corrected chi connectivity index (χ2v) is 5.78. The maximum Gasteiger partial charge on any atom is 0.333 e. The van der Waals surface area contributed by atoms with E-state index in [2.05, 4.69) is 18.7 Å². The number of carbonyl (C=O) groups is 1. The van der Waals surface area contributed by atoms with E-state index < -0.39 is 12.3 Å². The van der Waals surface area contributed by atoms with Crippen LogP contribution >= 0.6 is 0 Å². The fourth-order valence-electron chi connectivity index (χ4n) is 2.42. The normalized spacial score (nSPS) is 17.0. The molecule has 5 heteroatoms. The lowest BCUT2D eigenvalue weighted by atomic mass is 10.3. The van der Waals surface area contributed by atoms with E-state index in [0.29, 0.717) is 18.8 Å². The quantitative estimate of drug-likeness (QED) is 0.266. The fraction of sp³-hybridized carbons (Fsp3) is 0.611. The number of esters is 1. The third kappa shape index (κ3) is 6.48. The SMILES string of the molecule is C=C(C)C(=O)OCCOCC(OC1=CCCC1)OC1=CCCC1. The average molecular weight is 322 g/mol. The van der Waals surface area contributed by atoms with E-state index in [0.717, 1.165) is 50.0 Å². The molecule has 0 atom stereocenters. The van der Waals surface area contributed by atoms with Gasteiger partial charge in [-0.25, -0.2) is 4.79 Å². The molecule has 0 heterocycles. The summed E-state index contributed by atoms with van der Waals surface area (Å²) in [4.78, 5) is 11.3. The molecule has 0 fully saturated rings. The van der Waals surface area contributed by atoms with Gasteiger partial charge >= 0.3 is 5.97 Å². The molecule has 0 saturated heterocycles. The van der Waals surface area contributed by atoms with Crippen molar-refractivity contribution in [3.05, 3.63) is 35.8 Å². The van der Waals surface area contributed by atoms with Gasteiger partial charge in [-0.2, -0.15) is 0 Å². The van der Waals surface area contributed by atoms with Crippen molar-refractivity contribution < 1.29 is 23.7 Å². The highest BCUT2D eigenvalue weighted by molar-refractivity contribution is 5.86. The van der Waals surface area contributed by atoms with E-state index in [1.807, 2.05) is 0 Å². The van der Waals surface area contributed by atoms with Gasteiger partial charge in [-0.05, 0) is 44.8 Å². The average Bonchev–Trinajstić information content (AvgIpc) is 3.20. The predicted octanol–water partition coefficient (Wildman–Crippen LogP) is 3.62. The Kier molecular flexibility index (Phi) is 7.20. The molecule has 5 nitrogen and oxygen atoms in total. The van der Waals surface area contributed by atoms with Crippen LogP contribution in [0.1, 0.15) is 45.4 Å². The van der Waals surface area contributed by atoms with Crippen molar-refractivity contribution in [2.45, 2.75) is 51.7 Å². The number of carbonyl (C=O) groups excluding carboxylic acids is 1. The second kappa shape index (κ2) is 9.40. The lowest BCUT2D eigenvalue weighted by molar-refractivity contribution is -0.146. The van der Waals surface area contributed by atoms with Crippen LogP contribution < -0.4 is 0 Å². The third-order valence-electron chi connectivity index (χ3n) is 3.63. The van der Waals surface area contributed by atoms with Gasteiger partial charge in [-0.1, -0.05) is 6.58 Å². The maximum absolute atomic E-state index is 11.3. The first-order valence-corrected chi connectivity index (χ1v) is 8.27. The first kappa shape index (κ1) is 17.6. The Labute approximate surface area is 137 Å². The summed E-state index contributed by atoms with van der Waals surface area (Å²) in [7, 11) is 0. The maximum atomic E-state index is 11.3. The van der Waals surface area contributed by atoms with Crippen LogP contribution in [-0.2, 0) is 23.7 Å². The van der Waals surface area contributed by atoms with E-state index in [1.165, 1.54) is 0 Å². The summed E-state index contributed by atoms with van der Waals surface area (Å²) in [5.74, 6) is 1.56. The minimum atomic E-state index is -0.444. The highest BCUT2D eigenvalue weighted by Gasteiger charge is 2.18. The van der Waals surface area contributed by atoms with Crippen molar-refractivity contribution in [2.24, 2.45) is 0 Å². The Morgan fingerprint density at radius 1 is 1.13 bits per heavy atom. The molecule has 2 rings (SSSR count). The van der Waals surface area contributed by atoms with Crippen LogP contribution in [0.25, 0.3) is 0 Å². The van der Waals surface area contributed by atoms with Gasteiger partial charge in [0.1, 0.15) is 13.2 Å². The zero-order valence-corrected chi connectivity index (χ0v) is 13.8. The minimum Gasteiger partial charge on any atom is -0.460 e. The van der Waals surface area contributed by atoms with Crippen LogP contribution in [0.5, 0.6) is 0 Å². The highest BCUT2D eigenvalue weighted by atomic mass is 16.7. The van der Waals surface area contributed by atoms with Crippen LogP contribution in [0.15, 0.2) is 35.8 Å². The van der Waals surface area contributed by atoms with Crippen molar-refractivity contribution in [3.8, 4) is 0 Å². The molecule has 0 aromatic rings. The van der Waals surface area contributed by atoms with Gasteiger partial charge in [0.15, 0.2) is 0 Å². The first-order valence-electron chi connectivity index (χ1n) is 8.27. The van der Waals surface area contributed by atoms with Gasteiger partial charge in [0.05, 0.1) is 18.1 Å². The van der Waals surface area contributed by atoms with Gasteiger partial charge in [0.25, 0.3) is 6.29 Å². The van der Waals surface area contributed by atoms with Crippen LogP contribution in [0.4, 0.5) is 0 Å². The van der Waals surface area contributed by atoms with Crippen molar-refractivity contribution in [1.29, 1.82) is 0 Å². The number of hydrogen-bond donors (Lipinski definition) is 0. The van der Waals surface area contributed by atoms with Gasteiger partial charge in [0, 0.05) is 18.4 Å². The molecular weight excluding hydrogens is 296 g/mol. The zero-order valence-electron chi connectivity index (χ0n) is 13.8. The Bertz CT molecular complexity index is 452. The van der Waals surface area contributed by atoms with Crippen LogP contribution in [0, 0.1) is 0 Å². The van der Waals surface area contributed by atoms with Crippen LogP contribution in [-0.4, -0.2) is 32.1 Å². The zero-order chi connectivity index (χ0) is 16.5.